The second-order valence-corrected chi connectivity index (χ2v) is 7.22. The largest absolute Gasteiger partial charge is 0.349 e. The number of hydrogen-bond donors (Lipinski definition) is 1. The average molecular weight is 344 g/mol. The maximum atomic E-state index is 12.4. The molecule has 0 aromatic carbocycles. The van der Waals surface area contributed by atoms with Crippen molar-refractivity contribution in [1.29, 1.82) is 0 Å². The minimum Gasteiger partial charge on any atom is -0.349 e. The van der Waals surface area contributed by atoms with E-state index in [-0.39, 0.29) is 11.9 Å². The molecule has 1 aliphatic rings. The van der Waals surface area contributed by atoms with Crippen LogP contribution >= 0.6 is 11.3 Å². The van der Waals surface area contributed by atoms with Crippen LogP contribution in [0.3, 0.4) is 0 Å². The Labute approximate surface area is 147 Å². The fraction of sp³-hybridized carbons (Fsp3) is 0.444. The Balaban J connectivity index is 1.67. The van der Waals surface area contributed by atoms with Crippen LogP contribution in [0.15, 0.2) is 35.7 Å². The predicted octanol–water partition coefficient (Wildman–Crippen LogP) is 2.17. The normalized spacial score (nSPS) is 17.6. The third-order valence-electron chi connectivity index (χ3n) is 4.43. The van der Waals surface area contributed by atoms with E-state index in [2.05, 4.69) is 44.7 Å². The molecule has 1 N–H and O–H groups in total. The highest BCUT2D eigenvalue weighted by Gasteiger charge is 2.25. The highest BCUT2D eigenvalue weighted by atomic mass is 32.1. The molecule has 3 heterocycles. The second kappa shape index (κ2) is 7.88. The smallest absolute Gasteiger partial charge is 0.269 e. The molecule has 0 spiro atoms. The third-order valence-corrected chi connectivity index (χ3v) is 5.40. The van der Waals surface area contributed by atoms with Gasteiger partial charge in [-0.1, -0.05) is 12.1 Å². The summed E-state index contributed by atoms with van der Waals surface area (Å²) >= 11 is 1.75. The summed E-state index contributed by atoms with van der Waals surface area (Å²) in [5.41, 5.74) is 1.34. The monoisotopic (exact) mass is 344 g/mol. The van der Waals surface area contributed by atoms with Gasteiger partial charge in [-0.3, -0.25) is 9.69 Å². The highest BCUT2D eigenvalue weighted by molar-refractivity contribution is 7.10. The number of carbonyl (C=O) groups excluding carboxylic acids is 1. The number of rotatable bonds is 5. The molecule has 6 heteroatoms. The van der Waals surface area contributed by atoms with Gasteiger partial charge in [-0.2, -0.15) is 0 Å². The number of likely N-dealkylation sites (N-methyl/N-ethyl adjacent to an activating group) is 1. The summed E-state index contributed by atoms with van der Waals surface area (Å²) < 4.78 is 0. The summed E-state index contributed by atoms with van der Waals surface area (Å²) in [5.74, 6) is -0.102. The molecule has 1 unspecified atom stereocenters. The van der Waals surface area contributed by atoms with Crippen molar-refractivity contribution in [3.8, 4) is 0 Å². The lowest BCUT2D eigenvalue weighted by molar-refractivity contribution is 0.0885. The summed E-state index contributed by atoms with van der Waals surface area (Å²) in [6.45, 7) is 6.69. The Morgan fingerprint density at radius 3 is 2.71 bits per heavy atom. The molecule has 1 aliphatic heterocycles. The van der Waals surface area contributed by atoms with E-state index < -0.39 is 0 Å². The van der Waals surface area contributed by atoms with Crippen LogP contribution in [-0.4, -0.2) is 60.5 Å². The maximum Gasteiger partial charge on any atom is 0.269 e. The van der Waals surface area contributed by atoms with E-state index >= 15 is 0 Å². The topological polar surface area (TPSA) is 48.5 Å². The first-order chi connectivity index (χ1) is 11.6. The Hall–Kier alpha value is -1.76. The molecular weight excluding hydrogens is 320 g/mol. The van der Waals surface area contributed by atoms with Gasteiger partial charge in [0.25, 0.3) is 5.91 Å². The van der Waals surface area contributed by atoms with Crippen molar-refractivity contribution in [2.45, 2.75) is 13.0 Å². The molecule has 24 heavy (non-hydrogen) atoms. The molecule has 1 amide bonds. The maximum absolute atomic E-state index is 12.4. The Morgan fingerprint density at radius 1 is 1.25 bits per heavy atom. The number of pyridine rings is 1. The molecule has 1 atom stereocenters. The molecule has 1 saturated heterocycles. The van der Waals surface area contributed by atoms with Crippen LogP contribution in [0.1, 0.15) is 27.1 Å². The lowest BCUT2D eigenvalue weighted by Gasteiger charge is -2.37. The van der Waals surface area contributed by atoms with Crippen LogP contribution in [0.25, 0.3) is 0 Å². The van der Waals surface area contributed by atoms with Crippen molar-refractivity contribution in [3.05, 3.63) is 52.0 Å². The molecule has 3 rings (SSSR count). The second-order valence-electron chi connectivity index (χ2n) is 6.24. The number of amides is 1. The van der Waals surface area contributed by atoms with Gasteiger partial charge in [-0.25, -0.2) is 4.98 Å². The van der Waals surface area contributed by atoms with E-state index in [9.17, 15) is 4.79 Å². The van der Waals surface area contributed by atoms with E-state index in [0.29, 0.717) is 12.2 Å². The molecule has 128 valence electrons. The van der Waals surface area contributed by atoms with Gasteiger partial charge in [0, 0.05) is 43.3 Å². The fourth-order valence-corrected chi connectivity index (χ4v) is 3.83. The number of aromatic nitrogens is 1. The van der Waals surface area contributed by atoms with Crippen LogP contribution in [0.5, 0.6) is 0 Å². The van der Waals surface area contributed by atoms with Gasteiger partial charge in [-0.05, 0) is 37.6 Å². The number of thiophene rings is 1. The van der Waals surface area contributed by atoms with Crippen molar-refractivity contribution in [1.82, 2.24) is 20.1 Å². The van der Waals surface area contributed by atoms with Gasteiger partial charge < -0.3 is 10.2 Å². The minimum atomic E-state index is -0.102. The molecule has 0 bridgehead atoms. The van der Waals surface area contributed by atoms with E-state index in [1.165, 1.54) is 4.88 Å². The van der Waals surface area contributed by atoms with Gasteiger partial charge in [0.1, 0.15) is 5.69 Å². The van der Waals surface area contributed by atoms with E-state index in [1.807, 2.05) is 19.1 Å². The zero-order valence-corrected chi connectivity index (χ0v) is 15.1. The van der Waals surface area contributed by atoms with Crippen LogP contribution in [0.2, 0.25) is 0 Å². The van der Waals surface area contributed by atoms with Gasteiger partial charge in [0.05, 0.1) is 6.04 Å². The van der Waals surface area contributed by atoms with Crippen LogP contribution < -0.4 is 5.32 Å². The highest BCUT2D eigenvalue weighted by Crippen LogP contribution is 2.25. The lowest BCUT2D eigenvalue weighted by Crippen LogP contribution is -2.48. The number of nitrogens with one attached hydrogen (secondary N) is 1. The first-order valence-corrected chi connectivity index (χ1v) is 9.19. The van der Waals surface area contributed by atoms with Gasteiger partial charge in [-0.15, -0.1) is 11.3 Å². The number of aryl methyl sites for hydroxylation is 1. The summed E-state index contributed by atoms with van der Waals surface area (Å²) in [5, 5.41) is 5.17. The Bertz CT molecular complexity index is 665. The SMILES string of the molecule is Cc1cccc(C(=O)NCC(c2cccs2)N2CCN(C)CC2)n1. The summed E-state index contributed by atoms with van der Waals surface area (Å²) in [7, 11) is 2.16. The number of nitrogens with zero attached hydrogens (tertiary/aromatic N) is 3. The third kappa shape index (κ3) is 4.20. The van der Waals surface area contributed by atoms with Crippen LogP contribution in [-0.2, 0) is 0 Å². The number of carbonyl (C=O) groups is 1. The molecule has 2 aromatic rings. The van der Waals surface area contributed by atoms with Crippen molar-refractivity contribution in [2.75, 3.05) is 39.8 Å². The first-order valence-electron chi connectivity index (χ1n) is 8.31. The summed E-state index contributed by atoms with van der Waals surface area (Å²) in [6, 6.07) is 9.99. The van der Waals surface area contributed by atoms with Crippen molar-refractivity contribution < 1.29 is 4.79 Å². The first kappa shape index (κ1) is 17.1. The van der Waals surface area contributed by atoms with Gasteiger partial charge >= 0.3 is 0 Å². The summed E-state index contributed by atoms with van der Waals surface area (Å²) in [6.07, 6.45) is 0. The zero-order chi connectivity index (χ0) is 16.9. The lowest BCUT2D eigenvalue weighted by atomic mass is 10.1. The van der Waals surface area contributed by atoms with E-state index in [4.69, 9.17) is 0 Å². The quantitative estimate of drug-likeness (QED) is 0.903. The summed E-state index contributed by atoms with van der Waals surface area (Å²) in [4.78, 5) is 22.8. The average Bonchev–Trinajstić information content (AvgIpc) is 3.11. The Morgan fingerprint density at radius 2 is 2.04 bits per heavy atom. The zero-order valence-electron chi connectivity index (χ0n) is 14.2. The molecule has 2 aromatic heterocycles. The van der Waals surface area contributed by atoms with Gasteiger partial charge in [0.15, 0.2) is 0 Å². The van der Waals surface area contributed by atoms with Gasteiger partial charge in [0.2, 0.25) is 0 Å². The molecule has 1 fully saturated rings. The van der Waals surface area contributed by atoms with Crippen molar-refractivity contribution in [2.24, 2.45) is 0 Å². The van der Waals surface area contributed by atoms with Crippen LogP contribution in [0.4, 0.5) is 0 Å². The van der Waals surface area contributed by atoms with E-state index in [1.54, 1.807) is 17.4 Å². The van der Waals surface area contributed by atoms with Crippen LogP contribution in [0, 0.1) is 6.92 Å². The molecule has 5 nitrogen and oxygen atoms in total. The predicted molar refractivity (Wildman–Crippen MR) is 97.4 cm³/mol. The fourth-order valence-electron chi connectivity index (χ4n) is 2.97. The molecular formula is C18H24N4OS. The molecule has 0 saturated carbocycles. The van der Waals surface area contributed by atoms with Crippen molar-refractivity contribution in [3.63, 3.8) is 0 Å². The van der Waals surface area contributed by atoms with Crippen molar-refractivity contribution >= 4 is 17.2 Å². The number of piperazine rings is 1. The number of hydrogen-bond acceptors (Lipinski definition) is 5. The standard InChI is InChI=1S/C18H24N4OS/c1-14-5-3-6-15(20-14)18(23)19-13-16(17-7-4-12-24-17)22-10-8-21(2)9-11-22/h3-7,12,16H,8-11,13H2,1-2H3,(H,19,23). The van der Waals surface area contributed by atoms with E-state index in [0.717, 1.165) is 31.9 Å². The minimum absolute atomic E-state index is 0.102. The molecule has 0 radical (unpaired) electrons. The molecule has 0 aliphatic carbocycles. The Kier molecular flexibility index (Phi) is 5.60.